The van der Waals surface area contributed by atoms with Gasteiger partial charge in [0.25, 0.3) is 10.1 Å². The van der Waals surface area contributed by atoms with Gasteiger partial charge in [-0.2, -0.15) is 21.6 Å². The molecule has 1 aliphatic heterocycles. The quantitative estimate of drug-likeness (QED) is 0.759. The Hall–Kier alpha value is -0.990. The van der Waals surface area contributed by atoms with Crippen molar-refractivity contribution in [2.24, 2.45) is 5.92 Å². The molecule has 1 aliphatic rings. The van der Waals surface area contributed by atoms with Gasteiger partial charge < -0.3 is 4.90 Å². The molecule has 0 aliphatic carbocycles. The molecule has 130 valence electrons. The molecule has 2 rings (SSSR count). The zero-order valence-corrected chi connectivity index (χ0v) is 14.0. The summed E-state index contributed by atoms with van der Waals surface area (Å²) in [5.41, 5.74) is 1.19. The highest BCUT2D eigenvalue weighted by atomic mass is 35.5. The molecule has 1 aromatic rings. The van der Waals surface area contributed by atoms with Gasteiger partial charge in [-0.05, 0) is 36.6 Å². The van der Waals surface area contributed by atoms with Crippen molar-refractivity contribution in [2.75, 3.05) is 24.2 Å². The van der Waals surface area contributed by atoms with Crippen molar-refractivity contribution in [1.29, 1.82) is 0 Å². The van der Waals surface area contributed by atoms with Crippen molar-refractivity contribution in [3.8, 4) is 0 Å². The van der Waals surface area contributed by atoms with Gasteiger partial charge >= 0.3 is 6.18 Å². The van der Waals surface area contributed by atoms with Crippen LogP contribution in [0.15, 0.2) is 18.2 Å². The summed E-state index contributed by atoms with van der Waals surface area (Å²) in [5.74, 6) is -1.26. The molecule has 1 fully saturated rings. The molecule has 0 saturated carbocycles. The molecule has 23 heavy (non-hydrogen) atoms. The van der Waals surface area contributed by atoms with Crippen molar-refractivity contribution < 1.29 is 25.8 Å². The fraction of sp³-hybridized carbons (Fsp3) is 0.571. The first-order valence-electron chi connectivity index (χ1n) is 7.01. The second-order valence-corrected chi connectivity index (χ2v) is 7.60. The Kier molecular flexibility index (Phi) is 5.48. The highest BCUT2D eigenvalue weighted by Crippen LogP contribution is 2.36. The van der Waals surface area contributed by atoms with Gasteiger partial charge in [-0.3, -0.25) is 4.18 Å². The maximum absolute atomic E-state index is 12.7. The molecule has 0 N–H and O–H groups in total. The van der Waals surface area contributed by atoms with E-state index < -0.39 is 22.2 Å². The minimum absolute atomic E-state index is 0.0430. The van der Waals surface area contributed by atoms with Crippen molar-refractivity contribution in [3.05, 3.63) is 28.8 Å². The van der Waals surface area contributed by atoms with Gasteiger partial charge in [0.05, 0.1) is 18.8 Å². The molecule has 0 aromatic heterocycles. The number of hydrogen-bond donors (Lipinski definition) is 0. The summed E-state index contributed by atoms with van der Waals surface area (Å²) < 4.78 is 64.9. The zero-order valence-electron chi connectivity index (χ0n) is 12.4. The van der Waals surface area contributed by atoms with Gasteiger partial charge in [-0.1, -0.05) is 11.6 Å². The van der Waals surface area contributed by atoms with E-state index in [-0.39, 0.29) is 32.5 Å². The summed E-state index contributed by atoms with van der Waals surface area (Å²) >= 11 is 6.00. The van der Waals surface area contributed by atoms with Crippen molar-refractivity contribution >= 4 is 27.4 Å². The van der Waals surface area contributed by atoms with E-state index in [2.05, 4.69) is 0 Å². The molecule has 0 bridgehead atoms. The van der Waals surface area contributed by atoms with Crippen molar-refractivity contribution in [2.45, 2.75) is 25.6 Å². The van der Waals surface area contributed by atoms with Crippen LogP contribution in [0.25, 0.3) is 0 Å². The SMILES string of the molecule is CS(=O)(=O)OCc1cc(N2CCC(C(F)(F)F)CC2)ccc1Cl. The summed E-state index contributed by atoms with van der Waals surface area (Å²) in [6.45, 7) is 0.376. The van der Waals surface area contributed by atoms with Gasteiger partial charge in [-0.25, -0.2) is 0 Å². The number of hydrogen-bond acceptors (Lipinski definition) is 4. The number of benzene rings is 1. The van der Waals surface area contributed by atoms with Crippen LogP contribution in [0.5, 0.6) is 0 Å². The maximum atomic E-state index is 12.7. The monoisotopic (exact) mass is 371 g/mol. The molecule has 9 heteroatoms. The second-order valence-electron chi connectivity index (χ2n) is 5.54. The average molecular weight is 372 g/mol. The summed E-state index contributed by atoms with van der Waals surface area (Å²) in [7, 11) is -3.60. The van der Waals surface area contributed by atoms with E-state index in [4.69, 9.17) is 15.8 Å². The first kappa shape index (κ1) is 18.4. The summed E-state index contributed by atoms with van der Waals surface area (Å²) in [6, 6.07) is 4.95. The van der Waals surface area contributed by atoms with Crippen LogP contribution in [-0.2, 0) is 20.9 Å². The Morgan fingerprint density at radius 3 is 2.43 bits per heavy atom. The first-order chi connectivity index (χ1) is 10.6. The molecule has 0 amide bonds. The van der Waals surface area contributed by atoms with Crippen LogP contribution >= 0.6 is 11.6 Å². The Balaban J connectivity index is 2.07. The average Bonchev–Trinajstić information content (AvgIpc) is 2.45. The Bertz CT molecular complexity index is 656. The van der Waals surface area contributed by atoms with Crippen LogP contribution in [0.4, 0.5) is 18.9 Å². The van der Waals surface area contributed by atoms with E-state index in [0.29, 0.717) is 16.3 Å². The Morgan fingerprint density at radius 1 is 1.30 bits per heavy atom. The van der Waals surface area contributed by atoms with Crippen molar-refractivity contribution in [1.82, 2.24) is 0 Å². The van der Waals surface area contributed by atoms with Crippen LogP contribution in [0.2, 0.25) is 5.02 Å². The molecular weight excluding hydrogens is 355 g/mol. The summed E-state index contributed by atoms with van der Waals surface area (Å²) in [6.07, 6.45) is -3.13. The third-order valence-electron chi connectivity index (χ3n) is 3.78. The lowest BCUT2D eigenvalue weighted by molar-refractivity contribution is -0.179. The number of halogens is 4. The van der Waals surface area contributed by atoms with E-state index in [1.807, 2.05) is 4.90 Å². The minimum Gasteiger partial charge on any atom is -0.371 e. The maximum Gasteiger partial charge on any atom is 0.391 e. The van der Waals surface area contributed by atoms with E-state index >= 15 is 0 Å². The van der Waals surface area contributed by atoms with E-state index in [1.54, 1.807) is 18.2 Å². The van der Waals surface area contributed by atoms with Crippen molar-refractivity contribution in [3.63, 3.8) is 0 Å². The number of alkyl halides is 3. The molecular formula is C14H17ClF3NO3S. The van der Waals surface area contributed by atoms with Gasteiger partial charge in [0.2, 0.25) is 0 Å². The predicted molar refractivity (Wildman–Crippen MR) is 82.1 cm³/mol. The first-order valence-corrected chi connectivity index (χ1v) is 9.20. The molecule has 1 saturated heterocycles. The molecule has 0 unspecified atom stereocenters. The van der Waals surface area contributed by atoms with Gasteiger partial charge in [0.1, 0.15) is 0 Å². The van der Waals surface area contributed by atoms with Gasteiger partial charge in [-0.15, -0.1) is 0 Å². The third kappa shape index (κ3) is 5.26. The number of anilines is 1. The molecule has 0 radical (unpaired) electrons. The van der Waals surface area contributed by atoms with Crippen LogP contribution in [0, 0.1) is 5.92 Å². The third-order valence-corrected chi connectivity index (χ3v) is 4.70. The van der Waals surface area contributed by atoms with E-state index in [1.165, 1.54) is 0 Å². The summed E-state index contributed by atoms with van der Waals surface area (Å²) in [4.78, 5) is 1.84. The largest absolute Gasteiger partial charge is 0.391 e. The number of rotatable bonds is 4. The highest BCUT2D eigenvalue weighted by Gasteiger charge is 2.41. The van der Waals surface area contributed by atoms with Gasteiger partial charge in [0, 0.05) is 23.8 Å². The molecule has 1 heterocycles. The second kappa shape index (κ2) is 6.86. The molecule has 0 spiro atoms. The molecule has 1 aromatic carbocycles. The fourth-order valence-corrected chi connectivity index (χ4v) is 3.02. The lowest BCUT2D eigenvalue weighted by Crippen LogP contribution is -2.39. The zero-order chi connectivity index (χ0) is 17.3. The summed E-state index contributed by atoms with van der Waals surface area (Å²) in [5, 5.41) is 0.350. The lowest BCUT2D eigenvalue weighted by atomic mass is 9.96. The van der Waals surface area contributed by atoms with Crippen LogP contribution in [-0.4, -0.2) is 33.9 Å². The highest BCUT2D eigenvalue weighted by molar-refractivity contribution is 7.85. The normalized spacial score (nSPS) is 17.5. The van der Waals surface area contributed by atoms with Gasteiger partial charge in [0.15, 0.2) is 0 Å². The number of piperidine rings is 1. The Morgan fingerprint density at radius 2 is 1.91 bits per heavy atom. The van der Waals surface area contributed by atoms with E-state index in [9.17, 15) is 21.6 Å². The van der Waals surface area contributed by atoms with Crippen LogP contribution < -0.4 is 4.90 Å². The molecule has 0 atom stereocenters. The smallest absolute Gasteiger partial charge is 0.371 e. The minimum atomic E-state index is -4.15. The fourth-order valence-electron chi connectivity index (χ4n) is 2.50. The topological polar surface area (TPSA) is 46.6 Å². The lowest BCUT2D eigenvalue weighted by Gasteiger charge is -2.34. The number of nitrogens with zero attached hydrogens (tertiary/aromatic N) is 1. The Labute approximate surface area is 138 Å². The molecule has 4 nitrogen and oxygen atoms in total. The van der Waals surface area contributed by atoms with Crippen LogP contribution in [0.3, 0.4) is 0 Å². The van der Waals surface area contributed by atoms with E-state index in [0.717, 1.165) is 6.26 Å². The van der Waals surface area contributed by atoms with Crippen LogP contribution in [0.1, 0.15) is 18.4 Å². The predicted octanol–water partition coefficient (Wildman–Crippen LogP) is 3.59. The standard InChI is InChI=1S/C14H17ClF3NO3S/c1-23(20,21)22-9-10-8-12(2-3-13(10)15)19-6-4-11(5-7-19)14(16,17)18/h2-3,8,11H,4-7,9H2,1H3.